The molecule has 5 rings (SSSR count). The van der Waals surface area contributed by atoms with Crippen LogP contribution in [0.25, 0.3) is 31.9 Å². The van der Waals surface area contributed by atoms with E-state index in [2.05, 4.69) is 4.98 Å². The largest absolute Gasteiger partial charge is 0.497 e. The maximum absolute atomic E-state index is 13.2. The van der Waals surface area contributed by atoms with E-state index < -0.39 is 0 Å². The van der Waals surface area contributed by atoms with Gasteiger partial charge in [0.05, 0.1) is 31.1 Å². The highest BCUT2D eigenvalue weighted by atomic mass is 32.1. The molecular formula is C23H17N3O2S2. The number of thiazole rings is 1. The third-order valence-corrected chi connectivity index (χ3v) is 6.67. The number of methoxy groups -OCH3 is 1. The molecule has 0 fully saturated rings. The van der Waals surface area contributed by atoms with Crippen LogP contribution in [0.3, 0.4) is 0 Å². The van der Waals surface area contributed by atoms with Gasteiger partial charge in [0.15, 0.2) is 0 Å². The van der Waals surface area contributed by atoms with E-state index in [9.17, 15) is 4.79 Å². The highest BCUT2D eigenvalue weighted by molar-refractivity contribution is 7.17. The lowest BCUT2D eigenvalue weighted by Gasteiger charge is -2.05. The van der Waals surface area contributed by atoms with Crippen molar-refractivity contribution in [3.05, 3.63) is 87.7 Å². The summed E-state index contributed by atoms with van der Waals surface area (Å²) in [5, 5.41) is 5.54. The molecule has 0 radical (unpaired) electrons. The third kappa shape index (κ3) is 3.42. The minimum absolute atomic E-state index is 0.0453. The van der Waals surface area contributed by atoms with Crippen LogP contribution in [-0.4, -0.2) is 21.6 Å². The molecule has 7 heteroatoms. The zero-order valence-electron chi connectivity index (χ0n) is 16.1. The van der Waals surface area contributed by atoms with Crippen LogP contribution < -0.4 is 10.3 Å². The Labute approximate surface area is 180 Å². The van der Waals surface area contributed by atoms with Gasteiger partial charge in [-0.15, -0.1) is 22.7 Å². The SMILES string of the molecule is COc1cccc(-c2nc(Cn3cnc4scc(-c5ccccc5)c4c3=O)cs2)c1. The van der Waals surface area contributed by atoms with Gasteiger partial charge in [0.1, 0.15) is 15.6 Å². The Morgan fingerprint density at radius 3 is 2.67 bits per heavy atom. The summed E-state index contributed by atoms with van der Waals surface area (Å²) < 4.78 is 6.93. The minimum Gasteiger partial charge on any atom is -0.497 e. The Bertz CT molecular complexity index is 1390. The standard InChI is InChI=1S/C23H17N3O2S2/c1-28-18-9-5-8-16(10-18)21-25-17(12-29-21)11-26-14-24-22-20(23(26)27)19(13-30-22)15-6-3-2-4-7-15/h2-10,12-14H,11H2,1H3. The van der Waals surface area contributed by atoms with Crippen molar-refractivity contribution in [2.45, 2.75) is 6.54 Å². The second kappa shape index (κ2) is 7.85. The van der Waals surface area contributed by atoms with Gasteiger partial charge in [-0.3, -0.25) is 9.36 Å². The van der Waals surface area contributed by atoms with Gasteiger partial charge >= 0.3 is 0 Å². The molecule has 0 aliphatic rings. The predicted octanol–water partition coefficient (Wildman–Crippen LogP) is 5.31. The van der Waals surface area contributed by atoms with Crippen LogP contribution in [0.15, 0.2) is 76.5 Å². The molecular weight excluding hydrogens is 414 g/mol. The first-order valence-corrected chi connectivity index (χ1v) is 11.1. The molecule has 0 spiro atoms. The summed E-state index contributed by atoms with van der Waals surface area (Å²) in [5.74, 6) is 0.793. The number of hydrogen-bond donors (Lipinski definition) is 0. The Hall–Kier alpha value is -3.29. The molecule has 0 N–H and O–H groups in total. The smallest absolute Gasteiger partial charge is 0.263 e. The topological polar surface area (TPSA) is 57.0 Å². The summed E-state index contributed by atoms with van der Waals surface area (Å²) in [6, 6.07) is 17.8. The van der Waals surface area contributed by atoms with Crippen LogP contribution in [0, 0.1) is 0 Å². The second-order valence-electron chi connectivity index (χ2n) is 6.75. The van der Waals surface area contributed by atoms with Crippen LogP contribution in [0.5, 0.6) is 5.75 Å². The van der Waals surface area contributed by atoms with Gasteiger partial charge in [0, 0.05) is 21.9 Å². The molecule has 5 nitrogen and oxygen atoms in total. The molecule has 0 aliphatic heterocycles. The van der Waals surface area contributed by atoms with E-state index >= 15 is 0 Å². The van der Waals surface area contributed by atoms with Crippen LogP contribution in [-0.2, 0) is 6.54 Å². The fraction of sp³-hybridized carbons (Fsp3) is 0.0870. The van der Waals surface area contributed by atoms with Crippen LogP contribution in [0.4, 0.5) is 0 Å². The summed E-state index contributed by atoms with van der Waals surface area (Å²) in [6.45, 7) is 0.381. The van der Waals surface area contributed by atoms with Gasteiger partial charge in [-0.1, -0.05) is 42.5 Å². The molecule has 0 saturated heterocycles. The lowest BCUT2D eigenvalue weighted by atomic mass is 10.1. The van der Waals surface area contributed by atoms with E-state index in [4.69, 9.17) is 9.72 Å². The normalized spacial score (nSPS) is 11.1. The van der Waals surface area contributed by atoms with Gasteiger partial charge in [0.25, 0.3) is 5.56 Å². The molecule has 0 unspecified atom stereocenters. The van der Waals surface area contributed by atoms with Gasteiger partial charge in [-0.2, -0.15) is 0 Å². The number of rotatable bonds is 5. The van der Waals surface area contributed by atoms with Crippen LogP contribution in [0.2, 0.25) is 0 Å². The summed E-state index contributed by atoms with van der Waals surface area (Å²) in [7, 11) is 1.65. The predicted molar refractivity (Wildman–Crippen MR) is 123 cm³/mol. The van der Waals surface area contributed by atoms with Crippen LogP contribution in [0.1, 0.15) is 5.69 Å². The Balaban J connectivity index is 1.50. The van der Waals surface area contributed by atoms with E-state index in [1.807, 2.05) is 65.4 Å². The van der Waals surface area contributed by atoms with Crippen LogP contribution >= 0.6 is 22.7 Å². The molecule has 3 aromatic heterocycles. The number of nitrogens with zero attached hydrogens (tertiary/aromatic N) is 3. The number of hydrogen-bond acceptors (Lipinski definition) is 6. The maximum atomic E-state index is 13.2. The van der Waals surface area contributed by atoms with Gasteiger partial charge < -0.3 is 4.74 Å². The molecule has 148 valence electrons. The summed E-state index contributed by atoms with van der Waals surface area (Å²) in [5.41, 5.74) is 3.73. The number of aromatic nitrogens is 3. The van der Waals surface area contributed by atoms with Crippen molar-refractivity contribution < 1.29 is 4.74 Å². The van der Waals surface area contributed by atoms with Crippen molar-refractivity contribution in [1.29, 1.82) is 0 Å². The Morgan fingerprint density at radius 1 is 1.00 bits per heavy atom. The zero-order valence-corrected chi connectivity index (χ0v) is 17.7. The molecule has 3 heterocycles. The molecule has 0 amide bonds. The first-order valence-electron chi connectivity index (χ1n) is 9.34. The monoisotopic (exact) mass is 431 g/mol. The average Bonchev–Trinajstić information content (AvgIpc) is 3.44. The van der Waals surface area contributed by atoms with E-state index in [-0.39, 0.29) is 5.56 Å². The van der Waals surface area contributed by atoms with E-state index in [0.29, 0.717) is 11.9 Å². The van der Waals surface area contributed by atoms with E-state index in [0.717, 1.165) is 38.0 Å². The van der Waals surface area contributed by atoms with Crippen molar-refractivity contribution in [2.75, 3.05) is 7.11 Å². The number of benzene rings is 2. The van der Waals surface area contributed by atoms with Crippen molar-refractivity contribution in [3.8, 4) is 27.4 Å². The van der Waals surface area contributed by atoms with Crippen molar-refractivity contribution in [1.82, 2.24) is 14.5 Å². The third-order valence-electron chi connectivity index (χ3n) is 4.85. The quantitative estimate of drug-likeness (QED) is 0.379. The maximum Gasteiger partial charge on any atom is 0.263 e. The van der Waals surface area contributed by atoms with Gasteiger partial charge in [-0.05, 0) is 17.7 Å². The fourth-order valence-corrected chi connectivity index (χ4v) is 5.07. The molecule has 5 aromatic rings. The molecule has 30 heavy (non-hydrogen) atoms. The van der Waals surface area contributed by atoms with Crippen molar-refractivity contribution >= 4 is 32.9 Å². The number of thiophene rings is 1. The highest BCUT2D eigenvalue weighted by Crippen LogP contribution is 2.31. The number of fused-ring (bicyclic) bond motifs is 1. The minimum atomic E-state index is -0.0453. The van der Waals surface area contributed by atoms with Gasteiger partial charge in [0.2, 0.25) is 0 Å². The lowest BCUT2D eigenvalue weighted by molar-refractivity contribution is 0.415. The number of ether oxygens (including phenoxy) is 1. The van der Waals surface area contributed by atoms with Gasteiger partial charge in [-0.25, -0.2) is 9.97 Å². The lowest BCUT2D eigenvalue weighted by Crippen LogP contribution is -2.21. The highest BCUT2D eigenvalue weighted by Gasteiger charge is 2.14. The van der Waals surface area contributed by atoms with E-state index in [1.54, 1.807) is 29.3 Å². The summed E-state index contributed by atoms with van der Waals surface area (Å²) in [4.78, 5) is 23.2. The Morgan fingerprint density at radius 2 is 1.83 bits per heavy atom. The first-order chi connectivity index (χ1) is 14.7. The molecule has 0 aliphatic carbocycles. The van der Waals surface area contributed by atoms with Crippen molar-refractivity contribution in [3.63, 3.8) is 0 Å². The first kappa shape index (κ1) is 18.7. The second-order valence-corrected chi connectivity index (χ2v) is 8.47. The average molecular weight is 432 g/mol. The summed E-state index contributed by atoms with van der Waals surface area (Å²) >= 11 is 3.04. The zero-order chi connectivity index (χ0) is 20.5. The molecule has 0 bridgehead atoms. The van der Waals surface area contributed by atoms with Crippen molar-refractivity contribution in [2.24, 2.45) is 0 Å². The molecule has 0 atom stereocenters. The fourth-order valence-electron chi connectivity index (χ4n) is 3.35. The molecule has 0 saturated carbocycles. The Kier molecular flexibility index (Phi) is 4.90. The van der Waals surface area contributed by atoms with E-state index in [1.165, 1.54) is 11.3 Å². The molecule has 2 aromatic carbocycles. The summed E-state index contributed by atoms with van der Waals surface area (Å²) in [6.07, 6.45) is 1.61.